The van der Waals surface area contributed by atoms with Crippen molar-refractivity contribution in [2.75, 3.05) is 13.2 Å². The SMILES string of the molecule is CCCCCCCCCCCCCCCC(O)C(CO)NC(=O)CCCCCCC/C=C\CCCCOC(=O)CCCCCCCCCCCCC. The van der Waals surface area contributed by atoms with Gasteiger partial charge in [0.2, 0.25) is 5.91 Å². The van der Waals surface area contributed by atoms with Crippen LogP contribution in [0.4, 0.5) is 0 Å². The maximum Gasteiger partial charge on any atom is 0.305 e. The Kier molecular flexibility index (Phi) is 41.2. The highest BCUT2D eigenvalue weighted by Crippen LogP contribution is 2.15. The van der Waals surface area contributed by atoms with Gasteiger partial charge in [0.1, 0.15) is 0 Å². The first-order valence-corrected chi connectivity index (χ1v) is 22.9. The van der Waals surface area contributed by atoms with Gasteiger partial charge in [0.25, 0.3) is 0 Å². The molecule has 0 fully saturated rings. The summed E-state index contributed by atoms with van der Waals surface area (Å²) in [5, 5.41) is 23.1. The number of carbonyl (C=O) groups excluding carboxylic acids is 2. The van der Waals surface area contributed by atoms with E-state index in [4.69, 9.17) is 4.74 Å². The Hall–Kier alpha value is -1.40. The molecule has 6 nitrogen and oxygen atoms in total. The van der Waals surface area contributed by atoms with E-state index in [1.807, 2.05) is 0 Å². The molecule has 3 N–H and O–H groups in total. The van der Waals surface area contributed by atoms with Crippen LogP contribution >= 0.6 is 0 Å². The lowest BCUT2D eigenvalue weighted by Gasteiger charge is -2.22. The maximum absolute atomic E-state index is 12.4. The molecule has 0 spiro atoms. The van der Waals surface area contributed by atoms with Crippen LogP contribution in [0.25, 0.3) is 0 Å². The lowest BCUT2D eigenvalue weighted by molar-refractivity contribution is -0.143. The van der Waals surface area contributed by atoms with Gasteiger partial charge in [-0.15, -0.1) is 0 Å². The van der Waals surface area contributed by atoms with Gasteiger partial charge in [0, 0.05) is 12.8 Å². The van der Waals surface area contributed by atoms with E-state index in [9.17, 15) is 19.8 Å². The molecule has 0 saturated heterocycles. The standard InChI is InChI=1S/C46H89NO5/c1-3-5-7-9-11-13-15-16-19-22-26-30-34-38-44(49)43(42-48)47-45(50)39-35-31-27-23-20-17-21-25-29-33-37-41-52-46(51)40-36-32-28-24-18-14-12-10-8-6-4-2/h21,25,43-44,48-49H,3-20,22-24,26-42H2,1-2H3,(H,47,50)/b25-21-. The van der Waals surface area contributed by atoms with Crippen molar-refractivity contribution in [1.82, 2.24) is 5.32 Å². The first kappa shape index (κ1) is 50.6. The van der Waals surface area contributed by atoms with Gasteiger partial charge in [-0.1, -0.05) is 193 Å². The summed E-state index contributed by atoms with van der Waals surface area (Å²) in [5.41, 5.74) is 0. The molecule has 0 bridgehead atoms. The summed E-state index contributed by atoms with van der Waals surface area (Å²) in [6.45, 7) is 4.86. The quantitative estimate of drug-likeness (QED) is 0.0329. The van der Waals surface area contributed by atoms with Crippen LogP contribution in [0.15, 0.2) is 12.2 Å². The average molecular weight is 736 g/mol. The first-order chi connectivity index (χ1) is 25.5. The number of carbonyl (C=O) groups is 2. The Labute approximate surface area is 323 Å². The van der Waals surface area contributed by atoms with Crippen LogP contribution < -0.4 is 5.32 Å². The Morgan fingerprint density at radius 1 is 0.519 bits per heavy atom. The van der Waals surface area contributed by atoms with Crippen LogP contribution in [0.5, 0.6) is 0 Å². The average Bonchev–Trinajstić information content (AvgIpc) is 3.14. The Morgan fingerprint density at radius 3 is 1.37 bits per heavy atom. The van der Waals surface area contributed by atoms with Crippen molar-refractivity contribution in [3.63, 3.8) is 0 Å². The van der Waals surface area contributed by atoms with E-state index in [1.54, 1.807) is 0 Å². The molecular formula is C46H89NO5. The van der Waals surface area contributed by atoms with E-state index in [0.29, 0.717) is 25.9 Å². The summed E-state index contributed by atoms with van der Waals surface area (Å²) in [4.78, 5) is 24.3. The zero-order chi connectivity index (χ0) is 38.0. The molecule has 1 amide bonds. The van der Waals surface area contributed by atoms with Gasteiger partial charge >= 0.3 is 5.97 Å². The van der Waals surface area contributed by atoms with E-state index >= 15 is 0 Å². The summed E-state index contributed by atoms with van der Waals surface area (Å²) in [6.07, 6.45) is 45.9. The third-order valence-electron chi connectivity index (χ3n) is 10.6. The summed E-state index contributed by atoms with van der Waals surface area (Å²) in [7, 11) is 0. The molecule has 2 unspecified atom stereocenters. The van der Waals surface area contributed by atoms with E-state index < -0.39 is 12.1 Å². The maximum atomic E-state index is 12.4. The molecule has 0 aromatic carbocycles. The number of amides is 1. The van der Waals surface area contributed by atoms with Crippen LogP contribution in [-0.4, -0.2) is 47.4 Å². The minimum Gasteiger partial charge on any atom is -0.466 e. The van der Waals surface area contributed by atoms with Crippen molar-refractivity contribution in [3.05, 3.63) is 12.2 Å². The summed E-state index contributed by atoms with van der Waals surface area (Å²) >= 11 is 0. The monoisotopic (exact) mass is 736 g/mol. The molecule has 0 aliphatic carbocycles. The normalized spacial score (nSPS) is 12.8. The van der Waals surface area contributed by atoms with E-state index in [0.717, 1.165) is 83.5 Å². The number of allylic oxidation sites excluding steroid dienone is 2. The van der Waals surface area contributed by atoms with Crippen molar-refractivity contribution >= 4 is 11.9 Å². The minimum absolute atomic E-state index is 0.0318. The van der Waals surface area contributed by atoms with E-state index in [2.05, 4.69) is 31.3 Å². The molecule has 0 aliphatic rings. The van der Waals surface area contributed by atoms with E-state index in [-0.39, 0.29) is 18.5 Å². The second kappa shape index (κ2) is 42.3. The lowest BCUT2D eigenvalue weighted by atomic mass is 10.0. The fourth-order valence-electron chi connectivity index (χ4n) is 6.98. The second-order valence-corrected chi connectivity index (χ2v) is 15.7. The third-order valence-corrected chi connectivity index (χ3v) is 10.6. The number of aliphatic hydroxyl groups is 2. The Morgan fingerprint density at radius 2 is 0.904 bits per heavy atom. The number of esters is 1. The molecule has 0 saturated carbocycles. The van der Waals surface area contributed by atoms with Crippen molar-refractivity contribution < 1.29 is 24.5 Å². The van der Waals surface area contributed by atoms with Crippen molar-refractivity contribution in [2.45, 2.75) is 257 Å². The smallest absolute Gasteiger partial charge is 0.305 e. The molecule has 2 atom stereocenters. The summed E-state index contributed by atoms with van der Waals surface area (Å²) < 4.78 is 5.41. The Balaban J connectivity index is 3.53. The van der Waals surface area contributed by atoms with Crippen LogP contribution in [0.1, 0.15) is 245 Å². The van der Waals surface area contributed by atoms with Gasteiger partial charge in [-0.25, -0.2) is 0 Å². The second-order valence-electron chi connectivity index (χ2n) is 15.7. The fourth-order valence-corrected chi connectivity index (χ4v) is 6.98. The molecular weight excluding hydrogens is 647 g/mol. The van der Waals surface area contributed by atoms with Gasteiger partial charge < -0.3 is 20.3 Å². The fraction of sp³-hybridized carbons (Fsp3) is 0.913. The van der Waals surface area contributed by atoms with Crippen LogP contribution in [-0.2, 0) is 14.3 Å². The zero-order valence-corrected chi connectivity index (χ0v) is 34.8. The molecule has 0 radical (unpaired) electrons. The number of hydrogen-bond acceptors (Lipinski definition) is 5. The highest BCUT2D eigenvalue weighted by atomic mass is 16.5. The largest absolute Gasteiger partial charge is 0.466 e. The van der Waals surface area contributed by atoms with Gasteiger partial charge in [0.15, 0.2) is 0 Å². The van der Waals surface area contributed by atoms with Gasteiger partial charge in [-0.05, 0) is 51.4 Å². The van der Waals surface area contributed by atoms with Gasteiger partial charge in [-0.3, -0.25) is 9.59 Å². The topological polar surface area (TPSA) is 95.9 Å². The summed E-state index contributed by atoms with van der Waals surface area (Å²) in [6, 6.07) is -0.560. The lowest BCUT2D eigenvalue weighted by Crippen LogP contribution is -2.45. The van der Waals surface area contributed by atoms with Crippen molar-refractivity contribution in [1.29, 1.82) is 0 Å². The van der Waals surface area contributed by atoms with Crippen molar-refractivity contribution in [3.8, 4) is 0 Å². The molecule has 0 aliphatic heterocycles. The molecule has 0 aromatic rings. The molecule has 0 heterocycles. The highest BCUT2D eigenvalue weighted by molar-refractivity contribution is 5.76. The van der Waals surface area contributed by atoms with E-state index in [1.165, 1.54) is 128 Å². The van der Waals surface area contributed by atoms with Crippen LogP contribution in [0, 0.1) is 0 Å². The van der Waals surface area contributed by atoms with Crippen molar-refractivity contribution in [2.24, 2.45) is 0 Å². The summed E-state index contributed by atoms with van der Waals surface area (Å²) in [5.74, 6) is -0.0961. The number of ether oxygens (including phenoxy) is 1. The molecule has 0 aromatic heterocycles. The van der Waals surface area contributed by atoms with Gasteiger partial charge in [-0.2, -0.15) is 0 Å². The molecule has 52 heavy (non-hydrogen) atoms. The first-order valence-electron chi connectivity index (χ1n) is 22.9. The number of aliphatic hydroxyl groups excluding tert-OH is 2. The predicted molar refractivity (Wildman–Crippen MR) is 223 cm³/mol. The van der Waals surface area contributed by atoms with Gasteiger partial charge in [0.05, 0.1) is 25.4 Å². The molecule has 308 valence electrons. The zero-order valence-electron chi connectivity index (χ0n) is 34.8. The number of unbranched alkanes of at least 4 members (excludes halogenated alkanes) is 29. The minimum atomic E-state index is -0.679. The highest BCUT2D eigenvalue weighted by Gasteiger charge is 2.20. The third kappa shape index (κ3) is 38.3. The molecule has 6 heteroatoms. The number of nitrogens with one attached hydrogen (secondary N) is 1. The van der Waals surface area contributed by atoms with Crippen LogP contribution in [0.3, 0.4) is 0 Å². The van der Waals surface area contributed by atoms with Crippen LogP contribution in [0.2, 0.25) is 0 Å². The number of rotatable bonds is 42. The number of hydrogen-bond donors (Lipinski definition) is 3. The molecule has 0 rings (SSSR count). The Bertz CT molecular complexity index is 772. The predicted octanol–water partition coefficient (Wildman–Crippen LogP) is 13.0.